The Hall–Kier alpha value is -1.74. The molecule has 1 aromatic rings. The van der Waals surface area contributed by atoms with Crippen molar-refractivity contribution in [1.29, 1.82) is 0 Å². The molecule has 1 saturated carbocycles. The molecule has 4 rings (SSSR count). The predicted octanol–water partition coefficient (Wildman–Crippen LogP) is 2.00. The Labute approximate surface area is 172 Å². The summed E-state index contributed by atoms with van der Waals surface area (Å²) in [4.78, 5) is 30.8. The van der Waals surface area contributed by atoms with Gasteiger partial charge >= 0.3 is 0 Å². The molecule has 8 nitrogen and oxygen atoms in total. The second-order valence-corrected chi connectivity index (χ2v) is 11.2. The van der Waals surface area contributed by atoms with Gasteiger partial charge in [0.15, 0.2) is 0 Å². The third kappa shape index (κ3) is 4.88. The Kier molecular flexibility index (Phi) is 5.79. The van der Waals surface area contributed by atoms with E-state index in [1.54, 1.807) is 28.2 Å². The van der Waals surface area contributed by atoms with Gasteiger partial charge in [-0.15, -0.1) is 0 Å². The Morgan fingerprint density at radius 3 is 2.55 bits per heavy atom. The number of hydrogen-bond acceptors (Lipinski definition) is 5. The van der Waals surface area contributed by atoms with Crippen molar-refractivity contribution < 1.29 is 18.5 Å². The monoisotopic (exact) mass is 422 g/mol. The van der Waals surface area contributed by atoms with Gasteiger partial charge in [0.05, 0.1) is 34.7 Å². The van der Waals surface area contributed by atoms with E-state index in [2.05, 4.69) is 9.35 Å². The van der Waals surface area contributed by atoms with Crippen molar-refractivity contribution in [1.82, 2.24) is 14.5 Å². The van der Waals surface area contributed by atoms with Crippen LogP contribution in [-0.2, 0) is 26.3 Å². The van der Waals surface area contributed by atoms with Crippen molar-refractivity contribution in [3.63, 3.8) is 0 Å². The van der Waals surface area contributed by atoms with Crippen LogP contribution in [-0.4, -0.2) is 67.3 Å². The van der Waals surface area contributed by atoms with Gasteiger partial charge in [-0.1, -0.05) is 0 Å². The molecule has 2 saturated heterocycles. The van der Waals surface area contributed by atoms with Crippen LogP contribution in [0.1, 0.15) is 55.4 Å². The summed E-state index contributed by atoms with van der Waals surface area (Å²) in [6, 6.07) is 0. The highest BCUT2D eigenvalue weighted by molar-refractivity contribution is 7.93. The smallest absolute Gasteiger partial charge is 0.274 e. The van der Waals surface area contributed by atoms with Gasteiger partial charge < -0.3 is 14.2 Å². The predicted molar refractivity (Wildman–Crippen MR) is 109 cm³/mol. The molecule has 0 bridgehead atoms. The van der Waals surface area contributed by atoms with Gasteiger partial charge in [-0.25, -0.2) is 9.19 Å². The summed E-state index contributed by atoms with van der Waals surface area (Å²) in [6.07, 6.45) is 10.9. The number of amides is 2. The number of hydrogen-bond donors (Lipinski definition) is 0. The SMILES string of the molecule is Cn1cnc(C(=O)N2CCC(S(C)(=O)=NC(=O)CC3CCC(C4CC4)O3)CC2)c1. The quantitative estimate of drug-likeness (QED) is 0.723. The summed E-state index contributed by atoms with van der Waals surface area (Å²) in [5.41, 5.74) is 0.420. The molecule has 0 N–H and O–H groups in total. The average molecular weight is 423 g/mol. The van der Waals surface area contributed by atoms with Crippen LogP contribution in [0.25, 0.3) is 0 Å². The first-order valence-electron chi connectivity index (χ1n) is 10.5. The second kappa shape index (κ2) is 8.18. The van der Waals surface area contributed by atoms with E-state index in [0.717, 1.165) is 12.8 Å². The maximum atomic E-state index is 13.1. The molecule has 3 atom stereocenters. The van der Waals surface area contributed by atoms with Crippen LogP contribution >= 0.6 is 0 Å². The zero-order valence-electron chi connectivity index (χ0n) is 17.2. The van der Waals surface area contributed by atoms with E-state index >= 15 is 0 Å². The molecule has 0 spiro atoms. The largest absolute Gasteiger partial charge is 0.374 e. The summed E-state index contributed by atoms with van der Waals surface area (Å²) in [7, 11) is -0.816. The Morgan fingerprint density at radius 2 is 1.93 bits per heavy atom. The number of nitrogens with zero attached hydrogens (tertiary/aromatic N) is 4. The molecule has 3 aliphatic rings. The lowest BCUT2D eigenvalue weighted by atomic mass is 10.1. The van der Waals surface area contributed by atoms with Crippen LogP contribution < -0.4 is 0 Å². The van der Waals surface area contributed by atoms with Gasteiger partial charge in [-0.2, -0.15) is 4.36 Å². The number of carbonyl (C=O) groups is 2. The van der Waals surface area contributed by atoms with E-state index in [0.29, 0.717) is 43.6 Å². The number of imidazole rings is 1. The van der Waals surface area contributed by atoms with Crippen molar-refractivity contribution in [3.8, 4) is 0 Å². The fourth-order valence-electron chi connectivity index (χ4n) is 4.39. The Morgan fingerprint density at radius 1 is 1.21 bits per heavy atom. The summed E-state index contributed by atoms with van der Waals surface area (Å²) in [6.45, 7) is 1.01. The number of aryl methyl sites for hydroxylation is 1. The number of ether oxygens (including phenoxy) is 1. The van der Waals surface area contributed by atoms with Gasteiger partial charge in [-0.05, 0) is 44.4 Å². The normalized spacial score (nSPS) is 27.6. The van der Waals surface area contributed by atoms with Gasteiger partial charge in [0.2, 0.25) is 0 Å². The third-order valence-corrected chi connectivity index (χ3v) is 8.52. The lowest BCUT2D eigenvalue weighted by Gasteiger charge is -2.32. The lowest BCUT2D eigenvalue weighted by molar-refractivity contribution is -0.120. The molecule has 29 heavy (non-hydrogen) atoms. The Balaban J connectivity index is 1.30. The minimum Gasteiger partial charge on any atom is -0.374 e. The van der Waals surface area contributed by atoms with Crippen LogP contribution in [0.5, 0.6) is 0 Å². The number of carbonyl (C=O) groups excluding carboxylic acids is 2. The summed E-state index contributed by atoms with van der Waals surface area (Å²) >= 11 is 0. The van der Waals surface area contributed by atoms with Gasteiger partial charge in [0, 0.05) is 37.8 Å². The van der Waals surface area contributed by atoms with Crippen molar-refractivity contribution >= 4 is 21.5 Å². The molecule has 2 amide bonds. The van der Waals surface area contributed by atoms with Crippen LogP contribution in [0, 0.1) is 5.92 Å². The maximum Gasteiger partial charge on any atom is 0.274 e. The minimum atomic E-state index is -2.64. The number of piperidine rings is 1. The van der Waals surface area contributed by atoms with Crippen molar-refractivity contribution in [2.75, 3.05) is 19.3 Å². The first-order chi connectivity index (χ1) is 13.8. The van der Waals surface area contributed by atoms with Gasteiger partial charge in [-0.3, -0.25) is 9.59 Å². The lowest BCUT2D eigenvalue weighted by Crippen LogP contribution is -2.42. The van der Waals surface area contributed by atoms with E-state index in [9.17, 15) is 13.8 Å². The first kappa shape index (κ1) is 20.5. The van der Waals surface area contributed by atoms with Crippen LogP contribution in [0.4, 0.5) is 0 Å². The van der Waals surface area contributed by atoms with Crippen molar-refractivity contribution in [2.45, 2.75) is 62.4 Å². The molecular weight excluding hydrogens is 392 g/mol. The number of likely N-dealkylation sites (tertiary alicyclic amines) is 1. The Bertz CT molecular complexity index is 892. The van der Waals surface area contributed by atoms with E-state index in [-0.39, 0.29) is 29.6 Å². The molecule has 0 aromatic carbocycles. The highest BCUT2D eigenvalue weighted by Crippen LogP contribution is 2.40. The van der Waals surface area contributed by atoms with Crippen LogP contribution in [0.3, 0.4) is 0 Å². The molecule has 3 unspecified atom stereocenters. The van der Waals surface area contributed by atoms with E-state index < -0.39 is 9.73 Å². The molecular formula is C20H30N4O4S. The molecule has 0 radical (unpaired) electrons. The third-order valence-electron chi connectivity index (χ3n) is 6.25. The highest BCUT2D eigenvalue weighted by atomic mass is 32.2. The summed E-state index contributed by atoms with van der Waals surface area (Å²) in [5, 5.41) is -0.178. The topological polar surface area (TPSA) is 93.9 Å². The van der Waals surface area contributed by atoms with Crippen molar-refractivity contribution in [2.24, 2.45) is 17.3 Å². The zero-order chi connectivity index (χ0) is 20.6. The zero-order valence-corrected chi connectivity index (χ0v) is 18.0. The second-order valence-electron chi connectivity index (χ2n) is 8.68. The standard InChI is InChI=1S/C20H30N4O4S/c1-23-12-17(21-13-23)20(26)24-9-7-16(8-10-24)29(2,27)22-19(25)11-15-5-6-18(28-15)14-3-4-14/h12-16,18H,3-11H2,1-2H3. The van der Waals surface area contributed by atoms with E-state index in [1.807, 2.05) is 7.05 Å². The van der Waals surface area contributed by atoms with E-state index in [4.69, 9.17) is 4.74 Å². The molecule has 1 aliphatic carbocycles. The molecule has 9 heteroatoms. The molecule has 2 aliphatic heterocycles. The fraction of sp³-hybridized carbons (Fsp3) is 0.750. The van der Waals surface area contributed by atoms with Crippen LogP contribution in [0.15, 0.2) is 16.9 Å². The van der Waals surface area contributed by atoms with Gasteiger partial charge in [0.25, 0.3) is 11.8 Å². The van der Waals surface area contributed by atoms with Crippen LogP contribution in [0.2, 0.25) is 0 Å². The van der Waals surface area contributed by atoms with Crippen molar-refractivity contribution in [3.05, 3.63) is 18.2 Å². The van der Waals surface area contributed by atoms with Gasteiger partial charge in [0.1, 0.15) is 5.69 Å². The summed E-state index contributed by atoms with van der Waals surface area (Å²) < 4.78 is 24.9. The minimum absolute atomic E-state index is 0.0788. The number of aromatic nitrogens is 2. The molecule has 1 aromatic heterocycles. The summed E-state index contributed by atoms with van der Waals surface area (Å²) in [5.74, 6) is 0.260. The fourth-order valence-corrected chi connectivity index (χ4v) is 6.10. The molecule has 3 heterocycles. The average Bonchev–Trinajstić information content (AvgIpc) is 3.28. The highest BCUT2D eigenvalue weighted by Gasteiger charge is 2.38. The number of rotatable bonds is 5. The first-order valence-corrected chi connectivity index (χ1v) is 12.5. The van der Waals surface area contributed by atoms with E-state index in [1.165, 1.54) is 12.8 Å². The molecule has 3 fully saturated rings. The molecule has 160 valence electrons. The maximum absolute atomic E-state index is 13.1.